The molecule has 5 rings (SSSR count). The van der Waals surface area contributed by atoms with E-state index in [2.05, 4.69) is 0 Å². The molecule has 0 aromatic heterocycles. The molecule has 2 aliphatic rings. The minimum atomic E-state index is -0.756. The van der Waals surface area contributed by atoms with Crippen LogP contribution in [0.3, 0.4) is 0 Å². The molecule has 3 aromatic carbocycles. The van der Waals surface area contributed by atoms with Crippen molar-refractivity contribution in [2.75, 3.05) is 13.9 Å². The lowest BCUT2D eigenvalue weighted by molar-refractivity contribution is -0.123. The van der Waals surface area contributed by atoms with Crippen LogP contribution in [0.25, 0.3) is 6.08 Å². The highest BCUT2D eigenvalue weighted by molar-refractivity contribution is 8.18. The van der Waals surface area contributed by atoms with Crippen LogP contribution >= 0.6 is 23.4 Å². The number of imide groups is 1. The Hall–Kier alpha value is -4.02. The molecule has 0 aliphatic carbocycles. The second-order valence-corrected chi connectivity index (χ2v) is 9.28. The summed E-state index contributed by atoms with van der Waals surface area (Å²) in [6, 6.07) is 13.0. The van der Waals surface area contributed by atoms with Gasteiger partial charge in [0.05, 0.1) is 24.1 Å². The summed E-state index contributed by atoms with van der Waals surface area (Å²) in [6.07, 6.45) is 1.53. The Balaban J connectivity index is 1.33. The largest absolute Gasteiger partial charge is 0.493 e. The van der Waals surface area contributed by atoms with E-state index in [9.17, 15) is 18.8 Å². The Kier molecular flexibility index (Phi) is 6.77. The zero-order valence-electron chi connectivity index (χ0n) is 19.2. The van der Waals surface area contributed by atoms with Crippen molar-refractivity contribution in [3.8, 4) is 23.0 Å². The van der Waals surface area contributed by atoms with Crippen molar-refractivity contribution >= 4 is 46.6 Å². The molecule has 1 saturated heterocycles. The summed E-state index contributed by atoms with van der Waals surface area (Å²) >= 11 is 7.10. The molecule has 2 amide bonds. The highest BCUT2D eigenvalue weighted by atomic mass is 35.5. The van der Waals surface area contributed by atoms with E-state index < -0.39 is 22.9 Å². The first-order valence-corrected chi connectivity index (χ1v) is 12.0. The van der Waals surface area contributed by atoms with Gasteiger partial charge in [-0.1, -0.05) is 23.7 Å². The molecule has 0 N–H and O–H groups in total. The Morgan fingerprint density at radius 1 is 1.11 bits per heavy atom. The number of rotatable bonds is 6. The van der Waals surface area contributed by atoms with Crippen LogP contribution in [-0.2, 0) is 11.3 Å². The third kappa shape index (κ3) is 5.11. The normalized spacial score (nSPS) is 15.4. The predicted octanol–water partition coefficient (Wildman–Crippen LogP) is 5.67. The van der Waals surface area contributed by atoms with Gasteiger partial charge in [0.2, 0.25) is 6.79 Å². The summed E-state index contributed by atoms with van der Waals surface area (Å²) in [6.45, 7) is 0.0431. The molecule has 0 atom stereocenters. The number of thioether (sulfide) groups is 1. The number of benzene rings is 3. The molecule has 0 bridgehead atoms. The Morgan fingerprint density at radius 2 is 1.89 bits per heavy atom. The second-order valence-electron chi connectivity index (χ2n) is 7.87. The van der Waals surface area contributed by atoms with Crippen molar-refractivity contribution in [1.29, 1.82) is 0 Å². The molecule has 188 valence electrons. The zero-order valence-corrected chi connectivity index (χ0v) is 20.7. The van der Waals surface area contributed by atoms with E-state index >= 15 is 0 Å². The second kappa shape index (κ2) is 10.2. The van der Waals surface area contributed by atoms with Crippen molar-refractivity contribution < 1.29 is 37.7 Å². The van der Waals surface area contributed by atoms with Crippen molar-refractivity contribution in [3.63, 3.8) is 0 Å². The summed E-state index contributed by atoms with van der Waals surface area (Å²) in [5.41, 5.74) is 1.12. The lowest BCUT2D eigenvalue weighted by Gasteiger charge is -2.14. The van der Waals surface area contributed by atoms with E-state index in [1.54, 1.807) is 24.3 Å². The number of carbonyl (C=O) groups is 3. The molecule has 2 heterocycles. The van der Waals surface area contributed by atoms with E-state index in [0.29, 0.717) is 27.6 Å². The van der Waals surface area contributed by atoms with E-state index in [1.807, 2.05) is 0 Å². The van der Waals surface area contributed by atoms with Gasteiger partial charge in [-0.3, -0.25) is 14.5 Å². The predicted molar refractivity (Wildman–Crippen MR) is 133 cm³/mol. The van der Waals surface area contributed by atoms with Crippen LogP contribution in [0.4, 0.5) is 9.18 Å². The standard InChI is InChI=1S/C26H17ClFNO7S/c1-33-20-7-14(5-6-19(20)36-25(31)15-3-2-4-17(28)9-15)8-23-24(30)29(26(32)37-23)12-16-10-21-22(11-18(16)27)35-13-34-21/h2-11H,12-13H2,1H3/b23-8-. The maximum Gasteiger partial charge on any atom is 0.343 e. The minimum absolute atomic E-state index is 0.0320. The lowest BCUT2D eigenvalue weighted by Crippen LogP contribution is -2.27. The summed E-state index contributed by atoms with van der Waals surface area (Å²) in [5.74, 6) is -0.483. The van der Waals surface area contributed by atoms with Gasteiger partial charge < -0.3 is 18.9 Å². The highest BCUT2D eigenvalue weighted by Gasteiger charge is 2.36. The zero-order chi connectivity index (χ0) is 26.1. The number of hydrogen-bond acceptors (Lipinski definition) is 8. The van der Waals surface area contributed by atoms with Gasteiger partial charge in [-0.05, 0) is 65.4 Å². The number of ether oxygens (including phenoxy) is 4. The van der Waals surface area contributed by atoms with Crippen LogP contribution in [0, 0.1) is 5.82 Å². The van der Waals surface area contributed by atoms with Crippen molar-refractivity contribution in [2.24, 2.45) is 0 Å². The van der Waals surface area contributed by atoms with Gasteiger partial charge in [-0.15, -0.1) is 0 Å². The first kappa shape index (κ1) is 24.7. The smallest absolute Gasteiger partial charge is 0.343 e. The number of halogens is 2. The number of fused-ring (bicyclic) bond motifs is 1. The molecule has 8 nitrogen and oxygen atoms in total. The molecule has 3 aromatic rings. The fourth-order valence-corrected chi connectivity index (χ4v) is 4.72. The third-order valence-corrected chi connectivity index (χ3v) is 6.75. The van der Waals surface area contributed by atoms with E-state index in [1.165, 1.54) is 37.5 Å². The first-order valence-electron chi connectivity index (χ1n) is 10.8. The van der Waals surface area contributed by atoms with Gasteiger partial charge >= 0.3 is 5.97 Å². The number of amides is 2. The van der Waals surface area contributed by atoms with Crippen LogP contribution in [0.2, 0.25) is 5.02 Å². The van der Waals surface area contributed by atoms with E-state index in [0.717, 1.165) is 22.7 Å². The third-order valence-electron chi connectivity index (χ3n) is 5.49. The number of methoxy groups -OCH3 is 1. The van der Waals surface area contributed by atoms with Gasteiger partial charge in [-0.25, -0.2) is 9.18 Å². The number of nitrogens with zero attached hydrogens (tertiary/aromatic N) is 1. The fourth-order valence-electron chi connectivity index (χ4n) is 3.67. The minimum Gasteiger partial charge on any atom is -0.493 e. The average molecular weight is 542 g/mol. The average Bonchev–Trinajstić information content (AvgIpc) is 3.43. The molecule has 37 heavy (non-hydrogen) atoms. The van der Waals surface area contributed by atoms with Crippen LogP contribution < -0.4 is 18.9 Å². The van der Waals surface area contributed by atoms with Gasteiger partial charge in [0.25, 0.3) is 11.1 Å². The summed E-state index contributed by atoms with van der Waals surface area (Å²) in [7, 11) is 1.39. The summed E-state index contributed by atoms with van der Waals surface area (Å²) in [5, 5.41) is -0.0991. The molecule has 0 saturated carbocycles. The first-order chi connectivity index (χ1) is 17.8. The molecule has 0 radical (unpaired) electrons. The topological polar surface area (TPSA) is 91.4 Å². The van der Waals surface area contributed by atoms with E-state index in [-0.39, 0.29) is 35.3 Å². The Labute approximate surface area is 219 Å². The van der Waals surface area contributed by atoms with E-state index in [4.69, 9.17) is 30.5 Å². The summed E-state index contributed by atoms with van der Waals surface area (Å²) < 4.78 is 34.7. The summed E-state index contributed by atoms with van der Waals surface area (Å²) in [4.78, 5) is 39.3. The molecule has 11 heteroatoms. The van der Waals surface area contributed by atoms with Crippen molar-refractivity contribution in [1.82, 2.24) is 4.90 Å². The van der Waals surface area contributed by atoms with Crippen LogP contribution in [0.5, 0.6) is 23.0 Å². The van der Waals surface area contributed by atoms with Crippen molar-refractivity contribution in [3.05, 3.63) is 87.0 Å². The monoisotopic (exact) mass is 541 g/mol. The lowest BCUT2D eigenvalue weighted by atomic mass is 10.1. The number of esters is 1. The van der Waals surface area contributed by atoms with Gasteiger partial charge in [0, 0.05) is 11.1 Å². The van der Waals surface area contributed by atoms with Gasteiger partial charge in [0.1, 0.15) is 5.82 Å². The molecule has 2 aliphatic heterocycles. The molecular formula is C26H17ClFNO7S. The SMILES string of the molecule is COc1cc(/C=C2\SC(=O)N(Cc3cc4c(cc3Cl)OCO4)C2=O)ccc1OC(=O)c1cccc(F)c1. The maximum atomic E-state index is 13.4. The van der Waals surface area contributed by atoms with Crippen LogP contribution in [0.15, 0.2) is 59.5 Å². The van der Waals surface area contributed by atoms with Crippen molar-refractivity contribution in [2.45, 2.75) is 6.54 Å². The van der Waals surface area contributed by atoms with Gasteiger partial charge in [0.15, 0.2) is 23.0 Å². The quantitative estimate of drug-likeness (QED) is 0.224. The van der Waals surface area contributed by atoms with Crippen LogP contribution in [0.1, 0.15) is 21.5 Å². The van der Waals surface area contributed by atoms with Gasteiger partial charge in [-0.2, -0.15) is 0 Å². The maximum absolute atomic E-state index is 13.4. The Morgan fingerprint density at radius 3 is 2.65 bits per heavy atom. The Bertz CT molecular complexity index is 1480. The highest BCUT2D eigenvalue weighted by Crippen LogP contribution is 2.40. The number of carbonyl (C=O) groups excluding carboxylic acids is 3. The molecular weight excluding hydrogens is 525 g/mol. The molecule has 0 unspecified atom stereocenters. The molecule has 0 spiro atoms. The number of hydrogen-bond donors (Lipinski definition) is 0. The van der Waals surface area contributed by atoms with Crippen LogP contribution in [-0.4, -0.2) is 35.9 Å². The fraction of sp³-hybridized carbons (Fsp3) is 0.115. The molecule has 1 fully saturated rings.